The highest BCUT2D eigenvalue weighted by atomic mass is 16.5. The van der Waals surface area contributed by atoms with E-state index in [2.05, 4.69) is 69.3 Å². The molecule has 0 aliphatic rings. The number of hydrogen-bond acceptors (Lipinski definition) is 2. The van der Waals surface area contributed by atoms with Crippen molar-refractivity contribution in [3.8, 4) is 5.75 Å². The second-order valence-electron chi connectivity index (χ2n) is 7.16. The van der Waals surface area contributed by atoms with Gasteiger partial charge in [-0.25, -0.2) is 0 Å². The maximum atomic E-state index is 6.05. The number of benzene rings is 2. The first-order chi connectivity index (χ1) is 12.1. The third-order valence-corrected chi connectivity index (χ3v) is 4.78. The average molecular weight is 340 g/mol. The molecule has 0 amide bonds. The fraction of sp³-hybridized carbons (Fsp3) is 0.478. The minimum absolute atomic E-state index is 0.359. The summed E-state index contributed by atoms with van der Waals surface area (Å²) in [5.41, 5.74) is 10.1. The molecule has 0 aromatic heterocycles. The number of hydrogen-bond donors (Lipinski definition) is 1. The Morgan fingerprint density at radius 3 is 2.08 bits per heavy atom. The maximum absolute atomic E-state index is 6.05. The maximum Gasteiger partial charge on any atom is 0.119 e. The molecule has 2 rings (SSSR count). The van der Waals surface area contributed by atoms with Gasteiger partial charge in [0.05, 0.1) is 6.61 Å². The molecule has 0 saturated heterocycles. The Hall–Kier alpha value is -1.80. The molecule has 2 heteroatoms. The third-order valence-electron chi connectivity index (χ3n) is 4.78. The van der Waals surface area contributed by atoms with Gasteiger partial charge >= 0.3 is 0 Å². The highest BCUT2D eigenvalue weighted by molar-refractivity contribution is 5.31. The molecule has 0 fully saturated rings. The quantitative estimate of drug-likeness (QED) is 0.566. The van der Waals surface area contributed by atoms with Gasteiger partial charge in [0.2, 0.25) is 0 Å². The third kappa shape index (κ3) is 6.21. The summed E-state index contributed by atoms with van der Waals surface area (Å²) < 4.78 is 5.79. The molecule has 0 heterocycles. The highest BCUT2D eigenvalue weighted by Crippen LogP contribution is 2.24. The molecule has 0 radical (unpaired) electrons. The van der Waals surface area contributed by atoms with Gasteiger partial charge in [-0.05, 0) is 54.1 Å². The van der Waals surface area contributed by atoms with E-state index in [1.165, 1.54) is 29.5 Å². The van der Waals surface area contributed by atoms with E-state index in [4.69, 9.17) is 10.5 Å². The summed E-state index contributed by atoms with van der Waals surface area (Å²) >= 11 is 0. The summed E-state index contributed by atoms with van der Waals surface area (Å²) in [6.07, 6.45) is 4.54. The number of unbranched alkanes of at least 4 members (excludes halogenated alkanes) is 2. The smallest absolute Gasteiger partial charge is 0.119 e. The van der Waals surface area contributed by atoms with Crippen LogP contribution in [0.4, 0.5) is 0 Å². The van der Waals surface area contributed by atoms with E-state index >= 15 is 0 Å². The Bertz CT molecular complexity index is 601. The molecular formula is C23H33NO. The predicted octanol–water partition coefficient (Wildman–Crippen LogP) is 5.66. The summed E-state index contributed by atoms with van der Waals surface area (Å²) in [5.74, 6) is 1.89. The normalized spacial score (nSPS) is 12.4. The molecule has 136 valence electrons. The molecule has 2 aromatic rings. The van der Waals surface area contributed by atoms with Gasteiger partial charge in [-0.15, -0.1) is 0 Å². The van der Waals surface area contributed by atoms with Gasteiger partial charge in [-0.3, -0.25) is 0 Å². The lowest BCUT2D eigenvalue weighted by Crippen LogP contribution is -2.15. The molecule has 0 saturated carbocycles. The zero-order valence-corrected chi connectivity index (χ0v) is 16.0. The van der Waals surface area contributed by atoms with Crippen LogP contribution >= 0.6 is 0 Å². The number of rotatable bonds is 10. The Labute approximate surface area is 153 Å². The Kier molecular flexibility index (Phi) is 8.00. The van der Waals surface area contributed by atoms with E-state index in [0.717, 1.165) is 25.2 Å². The fourth-order valence-electron chi connectivity index (χ4n) is 3.04. The van der Waals surface area contributed by atoms with E-state index in [1.54, 1.807) is 0 Å². The van der Waals surface area contributed by atoms with Crippen molar-refractivity contribution in [3.05, 3.63) is 65.2 Å². The van der Waals surface area contributed by atoms with Crippen LogP contribution in [-0.4, -0.2) is 13.2 Å². The van der Waals surface area contributed by atoms with Crippen LogP contribution in [0.25, 0.3) is 0 Å². The zero-order chi connectivity index (χ0) is 18.1. The lowest BCUT2D eigenvalue weighted by Gasteiger charge is -2.17. The number of ether oxygens (including phenoxy) is 1. The van der Waals surface area contributed by atoms with Crippen molar-refractivity contribution in [3.63, 3.8) is 0 Å². The van der Waals surface area contributed by atoms with Crippen molar-refractivity contribution in [2.75, 3.05) is 13.2 Å². The molecule has 1 atom stereocenters. The summed E-state index contributed by atoms with van der Waals surface area (Å²) in [7, 11) is 0. The van der Waals surface area contributed by atoms with Crippen molar-refractivity contribution in [2.24, 2.45) is 5.73 Å². The van der Waals surface area contributed by atoms with Crippen LogP contribution in [0, 0.1) is 0 Å². The van der Waals surface area contributed by atoms with E-state index in [-0.39, 0.29) is 0 Å². The minimum atomic E-state index is 0.359. The predicted molar refractivity (Wildman–Crippen MR) is 107 cm³/mol. The van der Waals surface area contributed by atoms with Crippen LogP contribution in [0.15, 0.2) is 48.5 Å². The molecule has 2 aromatic carbocycles. The molecule has 0 spiro atoms. The van der Waals surface area contributed by atoms with Crippen LogP contribution in [0.3, 0.4) is 0 Å². The largest absolute Gasteiger partial charge is 0.494 e. The molecule has 1 unspecified atom stereocenters. The second-order valence-corrected chi connectivity index (χ2v) is 7.16. The standard InChI is InChI=1S/C23H33NO/c1-4-5-6-15-25-23-13-7-19(8-14-23)16-22(17-24)21-11-9-20(10-12-21)18(2)3/h7-14,18,22H,4-6,15-17,24H2,1-3H3. The first kappa shape index (κ1) is 19.5. The van der Waals surface area contributed by atoms with Crippen molar-refractivity contribution in [2.45, 2.75) is 58.3 Å². The van der Waals surface area contributed by atoms with E-state index in [9.17, 15) is 0 Å². The molecular weight excluding hydrogens is 306 g/mol. The van der Waals surface area contributed by atoms with Crippen LogP contribution < -0.4 is 10.5 Å². The van der Waals surface area contributed by atoms with Crippen LogP contribution in [0.1, 0.15) is 68.6 Å². The number of nitrogens with two attached hydrogens (primary N) is 1. The Morgan fingerprint density at radius 1 is 0.880 bits per heavy atom. The van der Waals surface area contributed by atoms with Gasteiger partial charge in [0.25, 0.3) is 0 Å². The minimum Gasteiger partial charge on any atom is -0.494 e. The van der Waals surface area contributed by atoms with E-state index < -0.39 is 0 Å². The molecule has 2 nitrogen and oxygen atoms in total. The Morgan fingerprint density at radius 2 is 1.52 bits per heavy atom. The second kappa shape index (κ2) is 10.2. The lowest BCUT2D eigenvalue weighted by molar-refractivity contribution is 0.306. The van der Waals surface area contributed by atoms with Crippen LogP contribution in [0.2, 0.25) is 0 Å². The summed E-state index contributed by atoms with van der Waals surface area (Å²) in [6.45, 7) is 8.12. The van der Waals surface area contributed by atoms with Crippen molar-refractivity contribution >= 4 is 0 Å². The summed E-state index contributed by atoms with van der Waals surface area (Å²) in [6, 6.07) is 17.4. The Balaban J connectivity index is 1.94. The SMILES string of the molecule is CCCCCOc1ccc(CC(CN)c2ccc(C(C)C)cc2)cc1. The van der Waals surface area contributed by atoms with Crippen molar-refractivity contribution in [1.82, 2.24) is 0 Å². The molecule has 0 aliphatic carbocycles. The zero-order valence-electron chi connectivity index (χ0n) is 16.0. The highest BCUT2D eigenvalue weighted by Gasteiger charge is 2.11. The molecule has 25 heavy (non-hydrogen) atoms. The van der Waals surface area contributed by atoms with Crippen molar-refractivity contribution < 1.29 is 4.74 Å². The first-order valence-electron chi connectivity index (χ1n) is 9.65. The fourth-order valence-corrected chi connectivity index (χ4v) is 3.04. The van der Waals surface area contributed by atoms with Crippen LogP contribution in [0.5, 0.6) is 5.75 Å². The van der Waals surface area contributed by atoms with Gasteiger partial charge in [-0.2, -0.15) is 0 Å². The average Bonchev–Trinajstić information content (AvgIpc) is 2.64. The van der Waals surface area contributed by atoms with Crippen LogP contribution in [-0.2, 0) is 6.42 Å². The van der Waals surface area contributed by atoms with E-state index in [0.29, 0.717) is 18.4 Å². The van der Waals surface area contributed by atoms with Gasteiger partial charge in [-0.1, -0.05) is 70.0 Å². The molecule has 2 N–H and O–H groups in total. The summed E-state index contributed by atoms with van der Waals surface area (Å²) in [5, 5.41) is 0. The summed E-state index contributed by atoms with van der Waals surface area (Å²) in [4.78, 5) is 0. The monoisotopic (exact) mass is 339 g/mol. The van der Waals surface area contributed by atoms with Gasteiger partial charge in [0.15, 0.2) is 0 Å². The molecule has 0 aliphatic heterocycles. The lowest BCUT2D eigenvalue weighted by atomic mass is 9.90. The van der Waals surface area contributed by atoms with Crippen molar-refractivity contribution in [1.29, 1.82) is 0 Å². The molecule has 0 bridgehead atoms. The van der Waals surface area contributed by atoms with Gasteiger partial charge in [0, 0.05) is 5.92 Å². The topological polar surface area (TPSA) is 35.2 Å². The van der Waals surface area contributed by atoms with Gasteiger partial charge in [0.1, 0.15) is 5.75 Å². The van der Waals surface area contributed by atoms with E-state index in [1.807, 2.05) is 0 Å². The first-order valence-corrected chi connectivity index (χ1v) is 9.65. The van der Waals surface area contributed by atoms with Gasteiger partial charge < -0.3 is 10.5 Å².